The number of halogens is 2. The molecule has 0 atom stereocenters. The molecule has 0 radical (unpaired) electrons. The summed E-state index contributed by atoms with van der Waals surface area (Å²) in [6.45, 7) is 1.82. The monoisotopic (exact) mass is 268 g/mol. The number of hydrogen-bond acceptors (Lipinski definition) is 1. The van der Waals surface area contributed by atoms with Gasteiger partial charge in [0.1, 0.15) is 5.75 Å². The van der Waals surface area contributed by atoms with E-state index >= 15 is 0 Å². The zero-order valence-corrected chi connectivity index (χ0v) is 8.27. The number of phenols is 1. The lowest BCUT2D eigenvalue weighted by Gasteiger charge is -2.00. The minimum atomic E-state index is 0.324. The fraction of sp³-hybridized carbons (Fsp3) is 0.143. The maximum Gasteiger partial charge on any atom is 0.131 e. The van der Waals surface area contributed by atoms with E-state index in [1.807, 2.05) is 29.5 Å². The number of phenolic OH excluding ortho intramolecular Hbond substituents is 1. The molecule has 1 N–H and O–H groups in total. The SMILES string of the molecule is Cc1cc(Cl)cc(I)c1O. The highest BCUT2D eigenvalue weighted by atomic mass is 127. The van der Waals surface area contributed by atoms with E-state index in [9.17, 15) is 5.11 Å². The van der Waals surface area contributed by atoms with Crippen LogP contribution in [0.4, 0.5) is 0 Å². The highest BCUT2D eigenvalue weighted by Crippen LogP contribution is 2.27. The van der Waals surface area contributed by atoms with Crippen molar-refractivity contribution in [1.29, 1.82) is 0 Å². The third kappa shape index (κ3) is 1.55. The van der Waals surface area contributed by atoms with E-state index in [1.54, 1.807) is 12.1 Å². The largest absolute Gasteiger partial charge is 0.507 e. The molecule has 0 amide bonds. The fourth-order valence-corrected chi connectivity index (χ4v) is 1.91. The second kappa shape index (κ2) is 2.96. The van der Waals surface area contributed by atoms with Crippen molar-refractivity contribution >= 4 is 34.2 Å². The molecule has 0 unspecified atom stereocenters. The molecule has 54 valence electrons. The molecule has 1 aromatic rings. The molecule has 1 rings (SSSR count). The quantitative estimate of drug-likeness (QED) is 0.717. The second-order valence-corrected chi connectivity index (χ2v) is 3.65. The van der Waals surface area contributed by atoms with Crippen molar-refractivity contribution in [2.24, 2.45) is 0 Å². The first-order valence-corrected chi connectivity index (χ1v) is 4.21. The third-order valence-electron chi connectivity index (χ3n) is 1.22. The van der Waals surface area contributed by atoms with Gasteiger partial charge in [-0.15, -0.1) is 0 Å². The number of rotatable bonds is 0. The fourth-order valence-electron chi connectivity index (χ4n) is 0.695. The summed E-state index contributed by atoms with van der Waals surface area (Å²) in [6.07, 6.45) is 0. The summed E-state index contributed by atoms with van der Waals surface area (Å²) in [5.74, 6) is 0.324. The average molecular weight is 268 g/mol. The van der Waals surface area contributed by atoms with Gasteiger partial charge in [0.15, 0.2) is 0 Å². The molecule has 3 heteroatoms. The lowest BCUT2D eigenvalue weighted by atomic mass is 10.2. The predicted molar refractivity (Wildman–Crippen MR) is 50.6 cm³/mol. The van der Waals surface area contributed by atoms with Gasteiger partial charge in [-0.1, -0.05) is 11.6 Å². The highest BCUT2D eigenvalue weighted by molar-refractivity contribution is 14.1. The molecule has 0 aromatic heterocycles. The van der Waals surface area contributed by atoms with Crippen molar-refractivity contribution in [2.45, 2.75) is 6.92 Å². The Morgan fingerprint density at radius 2 is 2.10 bits per heavy atom. The normalized spacial score (nSPS) is 9.90. The van der Waals surface area contributed by atoms with Gasteiger partial charge in [-0.25, -0.2) is 0 Å². The van der Waals surface area contributed by atoms with Crippen LogP contribution in [0.15, 0.2) is 12.1 Å². The Labute approximate surface area is 78.2 Å². The van der Waals surface area contributed by atoms with E-state index in [1.165, 1.54) is 0 Å². The van der Waals surface area contributed by atoms with E-state index in [0.717, 1.165) is 9.13 Å². The molecule has 0 aliphatic heterocycles. The van der Waals surface area contributed by atoms with Crippen LogP contribution in [0.5, 0.6) is 5.75 Å². The molecular weight excluding hydrogens is 262 g/mol. The van der Waals surface area contributed by atoms with Gasteiger partial charge in [-0.2, -0.15) is 0 Å². The Hall–Kier alpha value is 0.0400. The minimum absolute atomic E-state index is 0.324. The molecule has 1 nitrogen and oxygen atoms in total. The maximum absolute atomic E-state index is 9.26. The van der Waals surface area contributed by atoms with Gasteiger partial charge >= 0.3 is 0 Å². The van der Waals surface area contributed by atoms with Crippen LogP contribution in [0.1, 0.15) is 5.56 Å². The van der Waals surface area contributed by atoms with Crippen molar-refractivity contribution in [3.63, 3.8) is 0 Å². The van der Waals surface area contributed by atoms with Gasteiger partial charge < -0.3 is 5.11 Å². The van der Waals surface area contributed by atoms with Gasteiger partial charge in [0.25, 0.3) is 0 Å². The Morgan fingerprint density at radius 1 is 1.50 bits per heavy atom. The summed E-state index contributed by atoms with van der Waals surface area (Å²) in [5, 5.41) is 9.93. The number of benzene rings is 1. The van der Waals surface area contributed by atoms with Crippen LogP contribution in [0.3, 0.4) is 0 Å². The van der Waals surface area contributed by atoms with Crippen LogP contribution >= 0.6 is 34.2 Å². The van der Waals surface area contributed by atoms with Crippen LogP contribution in [0.2, 0.25) is 5.02 Å². The van der Waals surface area contributed by atoms with Gasteiger partial charge in [0.05, 0.1) is 3.57 Å². The summed E-state index contributed by atoms with van der Waals surface area (Å²) >= 11 is 7.75. The molecule has 0 saturated heterocycles. The Bertz CT molecular complexity index is 237. The minimum Gasteiger partial charge on any atom is -0.507 e. The molecule has 0 aliphatic rings. The first kappa shape index (κ1) is 8.14. The predicted octanol–water partition coefficient (Wildman–Crippen LogP) is 2.96. The molecule has 0 aliphatic carbocycles. The average Bonchev–Trinajstić information content (AvgIpc) is 1.82. The standard InChI is InChI=1S/C7H6ClIO/c1-4-2-5(8)3-6(9)7(4)10/h2-3,10H,1H3. The van der Waals surface area contributed by atoms with E-state index in [-0.39, 0.29) is 0 Å². The van der Waals surface area contributed by atoms with Crippen molar-refractivity contribution in [3.8, 4) is 5.75 Å². The Morgan fingerprint density at radius 3 is 2.60 bits per heavy atom. The highest BCUT2D eigenvalue weighted by Gasteiger charge is 2.01. The summed E-state index contributed by atoms with van der Waals surface area (Å²) in [6, 6.07) is 3.46. The number of hydrogen-bond donors (Lipinski definition) is 1. The van der Waals surface area contributed by atoms with E-state index in [4.69, 9.17) is 11.6 Å². The molecule has 0 spiro atoms. The third-order valence-corrected chi connectivity index (χ3v) is 2.26. The molecule has 1 aromatic carbocycles. The van der Waals surface area contributed by atoms with Crippen LogP contribution in [-0.4, -0.2) is 5.11 Å². The first-order valence-electron chi connectivity index (χ1n) is 2.76. The zero-order chi connectivity index (χ0) is 7.72. The smallest absolute Gasteiger partial charge is 0.131 e. The Balaban J connectivity index is 3.31. The van der Waals surface area contributed by atoms with Gasteiger partial charge in [0, 0.05) is 5.02 Å². The van der Waals surface area contributed by atoms with Gasteiger partial charge in [-0.05, 0) is 47.2 Å². The van der Waals surface area contributed by atoms with Crippen LogP contribution in [0, 0.1) is 10.5 Å². The van der Waals surface area contributed by atoms with E-state index < -0.39 is 0 Å². The van der Waals surface area contributed by atoms with Crippen molar-refractivity contribution in [1.82, 2.24) is 0 Å². The molecule has 0 saturated carbocycles. The zero-order valence-electron chi connectivity index (χ0n) is 5.36. The molecule has 0 fully saturated rings. The van der Waals surface area contributed by atoms with Gasteiger partial charge in [0.2, 0.25) is 0 Å². The van der Waals surface area contributed by atoms with Crippen molar-refractivity contribution in [2.75, 3.05) is 0 Å². The topological polar surface area (TPSA) is 20.2 Å². The van der Waals surface area contributed by atoms with Gasteiger partial charge in [-0.3, -0.25) is 0 Å². The Kier molecular flexibility index (Phi) is 2.41. The summed E-state index contributed by atoms with van der Waals surface area (Å²) in [5.41, 5.74) is 0.817. The number of aromatic hydroxyl groups is 1. The lowest BCUT2D eigenvalue weighted by molar-refractivity contribution is 0.467. The summed E-state index contributed by atoms with van der Waals surface area (Å²) < 4.78 is 0.794. The van der Waals surface area contributed by atoms with Crippen LogP contribution < -0.4 is 0 Å². The van der Waals surface area contributed by atoms with Crippen molar-refractivity contribution in [3.05, 3.63) is 26.3 Å². The first-order chi connectivity index (χ1) is 4.61. The van der Waals surface area contributed by atoms with Crippen LogP contribution in [-0.2, 0) is 0 Å². The molecule has 10 heavy (non-hydrogen) atoms. The summed E-state index contributed by atoms with van der Waals surface area (Å²) in [7, 11) is 0. The molecule has 0 bridgehead atoms. The molecule has 0 heterocycles. The molecular formula is C7H6ClIO. The number of aryl methyl sites for hydroxylation is 1. The van der Waals surface area contributed by atoms with Crippen molar-refractivity contribution < 1.29 is 5.11 Å². The van der Waals surface area contributed by atoms with E-state index in [0.29, 0.717) is 10.8 Å². The van der Waals surface area contributed by atoms with Crippen LogP contribution in [0.25, 0.3) is 0 Å². The summed E-state index contributed by atoms with van der Waals surface area (Å²) in [4.78, 5) is 0. The lowest BCUT2D eigenvalue weighted by Crippen LogP contribution is -1.78. The maximum atomic E-state index is 9.26. The van der Waals surface area contributed by atoms with E-state index in [2.05, 4.69) is 0 Å². The second-order valence-electron chi connectivity index (χ2n) is 2.05.